The highest BCUT2D eigenvalue weighted by molar-refractivity contribution is 7.90. The number of rotatable bonds is 6. The molecule has 1 saturated heterocycles. The van der Waals surface area contributed by atoms with Crippen molar-refractivity contribution in [3.8, 4) is 16.9 Å². The Labute approximate surface area is 251 Å². The van der Waals surface area contributed by atoms with Crippen molar-refractivity contribution in [1.29, 1.82) is 0 Å². The number of hydrogen-bond donors (Lipinski definition) is 3. The smallest absolute Gasteiger partial charge is 0.387 e. The minimum atomic E-state index is -3.75. The highest BCUT2D eigenvalue weighted by Crippen LogP contribution is 2.47. The number of nitrogens with zero attached hydrogens (tertiary/aromatic N) is 3. The first-order valence-electron chi connectivity index (χ1n) is 14.1. The normalized spacial score (nSPS) is 20.5. The van der Waals surface area contributed by atoms with Crippen LogP contribution in [0.3, 0.4) is 0 Å². The Morgan fingerprint density at radius 1 is 1.18 bits per heavy atom. The molecule has 230 valence electrons. The van der Waals surface area contributed by atoms with Crippen LogP contribution in [0.4, 0.5) is 8.78 Å². The molecule has 0 unspecified atom stereocenters. The lowest BCUT2D eigenvalue weighted by atomic mass is 9.93. The van der Waals surface area contributed by atoms with Crippen molar-refractivity contribution in [1.82, 2.24) is 19.6 Å². The maximum Gasteiger partial charge on any atom is 0.387 e. The van der Waals surface area contributed by atoms with Gasteiger partial charge in [0.15, 0.2) is 5.54 Å². The second-order valence-electron chi connectivity index (χ2n) is 12.4. The number of sulfonamides is 1. The number of carbonyl (C=O) groups is 1. The Hall–Kier alpha value is -4.14. The molecule has 2 aromatic heterocycles. The number of amides is 1. The average Bonchev–Trinajstić information content (AvgIpc) is 3.42. The van der Waals surface area contributed by atoms with E-state index in [2.05, 4.69) is 10.0 Å². The predicted molar refractivity (Wildman–Crippen MR) is 153 cm³/mol. The third kappa shape index (κ3) is 4.34. The van der Waals surface area contributed by atoms with E-state index in [1.165, 1.54) is 18.3 Å². The van der Waals surface area contributed by atoms with E-state index in [1.54, 1.807) is 39.0 Å². The molecule has 4 aromatic rings. The molecule has 0 spiro atoms. The molecule has 3 aliphatic heterocycles. The molecule has 2 atom stereocenters. The largest absolute Gasteiger partial charge is 0.434 e. The van der Waals surface area contributed by atoms with E-state index in [-0.39, 0.29) is 30.4 Å². The average molecular weight is 627 g/mol. The summed E-state index contributed by atoms with van der Waals surface area (Å²) in [5, 5.41) is 14.0. The van der Waals surface area contributed by atoms with Gasteiger partial charge in [-0.2, -0.15) is 13.5 Å². The SMILES string of the molecule is CC(C)(C)S(=O)(=O)NC1(c2ccc(-c3ccc4nc5n(c4c3)[C@@H]3C[C@H]5NC(=O)c4cccc(OC(F)F)c43)c[n+]2O)COC1. The number of pyridine rings is 1. The van der Waals surface area contributed by atoms with E-state index < -0.39 is 39.0 Å². The van der Waals surface area contributed by atoms with E-state index in [0.717, 1.165) is 10.3 Å². The second-order valence-corrected chi connectivity index (χ2v) is 14.8. The third-order valence-corrected chi connectivity index (χ3v) is 10.8. The molecular formula is C30H30F2N5O6S+. The van der Waals surface area contributed by atoms with Crippen molar-refractivity contribution >= 4 is 27.0 Å². The highest BCUT2D eigenvalue weighted by atomic mass is 32.2. The minimum absolute atomic E-state index is 0.0583. The van der Waals surface area contributed by atoms with Gasteiger partial charge in [0.1, 0.15) is 11.6 Å². The number of ether oxygens (including phenoxy) is 2. The van der Waals surface area contributed by atoms with Gasteiger partial charge in [0.05, 0.1) is 46.6 Å². The Bertz CT molecular complexity index is 1950. The minimum Gasteiger partial charge on any atom is -0.434 e. The van der Waals surface area contributed by atoms with Gasteiger partial charge in [-0.3, -0.25) is 10.0 Å². The van der Waals surface area contributed by atoms with Crippen LogP contribution in [0, 0.1) is 0 Å². The monoisotopic (exact) mass is 626 g/mol. The van der Waals surface area contributed by atoms with Crippen LogP contribution < -0.4 is 19.5 Å². The molecule has 11 nitrogen and oxygen atoms in total. The number of fused-ring (bicyclic) bond motifs is 9. The van der Waals surface area contributed by atoms with Gasteiger partial charge in [-0.1, -0.05) is 12.1 Å². The maximum absolute atomic E-state index is 13.3. The maximum atomic E-state index is 13.3. The van der Waals surface area contributed by atoms with Crippen LogP contribution in [0.25, 0.3) is 22.2 Å². The number of aromatic nitrogens is 3. The first-order valence-corrected chi connectivity index (χ1v) is 15.5. The molecule has 2 bridgehead atoms. The van der Waals surface area contributed by atoms with E-state index in [0.29, 0.717) is 40.1 Å². The molecule has 0 aliphatic carbocycles. The van der Waals surface area contributed by atoms with Crippen molar-refractivity contribution in [2.24, 2.45) is 0 Å². The van der Waals surface area contributed by atoms with Crippen molar-refractivity contribution < 1.29 is 41.4 Å². The van der Waals surface area contributed by atoms with Gasteiger partial charge in [0.2, 0.25) is 16.2 Å². The van der Waals surface area contributed by atoms with Crippen LogP contribution >= 0.6 is 0 Å². The number of benzene rings is 2. The Kier molecular flexibility index (Phi) is 6.30. The quantitative estimate of drug-likeness (QED) is 0.220. The summed E-state index contributed by atoms with van der Waals surface area (Å²) < 4.78 is 67.4. The second kappa shape index (κ2) is 9.68. The van der Waals surface area contributed by atoms with Crippen LogP contribution in [-0.4, -0.2) is 53.7 Å². The Morgan fingerprint density at radius 2 is 1.93 bits per heavy atom. The van der Waals surface area contributed by atoms with Crippen LogP contribution in [-0.2, 0) is 20.3 Å². The fraction of sp³-hybridized carbons (Fsp3) is 0.367. The Morgan fingerprint density at radius 3 is 2.59 bits per heavy atom. The van der Waals surface area contributed by atoms with Gasteiger partial charge >= 0.3 is 6.61 Å². The number of alkyl halides is 2. The van der Waals surface area contributed by atoms with Crippen LogP contribution in [0.1, 0.15) is 66.7 Å². The summed E-state index contributed by atoms with van der Waals surface area (Å²) >= 11 is 0. The van der Waals surface area contributed by atoms with Crippen molar-refractivity contribution in [2.75, 3.05) is 13.2 Å². The summed E-state index contributed by atoms with van der Waals surface area (Å²) in [6.07, 6.45) is 1.92. The van der Waals surface area contributed by atoms with E-state index in [4.69, 9.17) is 14.5 Å². The first kappa shape index (κ1) is 28.6. The fourth-order valence-corrected chi connectivity index (χ4v) is 7.25. The molecular weight excluding hydrogens is 596 g/mol. The number of imidazole rings is 1. The number of halogens is 2. The Balaban J connectivity index is 1.29. The lowest BCUT2D eigenvalue weighted by Crippen LogP contribution is -2.65. The molecule has 1 amide bonds. The predicted octanol–water partition coefficient (Wildman–Crippen LogP) is 3.55. The molecule has 0 saturated carbocycles. The molecule has 0 radical (unpaired) electrons. The van der Waals surface area contributed by atoms with Gasteiger partial charge in [-0.25, -0.2) is 13.4 Å². The van der Waals surface area contributed by atoms with Crippen LogP contribution in [0.2, 0.25) is 0 Å². The van der Waals surface area contributed by atoms with Crippen molar-refractivity contribution in [2.45, 2.75) is 56.2 Å². The van der Waals surface area contributed by atoms with E-state index >= 15 is 0 Å². The van der Waals surface area contributed by atoms with Gasteiger partial charge < -0.3 is 19.4 Å². The zero-order chi connectivity index (χ0) is 31.2. The molecule has 1 fully saturated rings. The van der Waals surface area contributed by atoms with Crippen LogP contribution in [0.5, 0.6) is 5.75 Å². The van der Waals surface area contributed by atoms with E-state index in [1.807, 2.05) is 22.8 Å². The molecule has 2 aromatic carbocycles. The standard InChI is InChI=1S/C30H29F2N5O6S/c1-29(2,3)44(40,41)35-30(14-42-15-30)24-10-8-17(13-36(24)39)16-7-9-19-21(11-16)37-22-12-20(26(37)33-19)34-27(38)18-5-4-6-23(25(18)22)43-28(31)32/h4-11,13,20,22,28,35H,12,14-15H2,1-3H3,(H-,34,38,39)/p+1/t20-,22-/m1/s1. The number of nitrogens with one attached hydrogen (secondary N) is 2. The van der Waals surface area contributed by atoms with Gasteiger partial charge in [-0.05, 0) is 63.1 Å². The number of carbonyl (C=O) groups excluding carboxylic acids is 1. The summed E-state index contributed by atoms with van der Waals surface area (Å²) in [7, 11) is -3.75. The van der Waals surface area contributed by atoms with Gasteiger partial charge in [0, 0.05) is 21.9 Å². The van der Waals surface area contributed by atoms with E-state index in [9.17, 15) is 27.2 Å². The van der Waals surface area contributed by atoms with Gasteiger partial charge in [-0.15, -0.1) is 0 Å². The topological polar surface area (TPSA) is 136 Å². The highest BCUT2D eigenvalue weighted by Gasteiger charge is 2.52. The van der Waals surface area contributed by atoms with Crippen molar-refractivity contribution in [3.05, 3.63) is 77.4 Å². The summed E-state index contributed by atoms with van der Waals surface area (Å²) in [6, 6.07) is 12.6. The summed E-state index contributed by atoms with van der Waals surface area (Å²) in [4.78, 5) is 17.8. The lowest BCUT2D eigenvalue weighted by Gasteiger charge is -2.39. The zero-order valence-corrected chi connectivity index (χ0v) is 24.9. The number of hydrogen-bond acceptors (Lipinski definition) is 7. The fourth-order valence-electron chi connectivity index (χ4n) is 6.20. The summed E-state index contributed by atoms with van der Waals surface area (Å²) in [5.74, 6) is 0.175. The molecule has 5 heterocycles. The molecule has 44 heavy (non-hydrogen) atoms. The zero-order valence-electron chi connectivity index (χ0n) is 24.0. The summed E-state index contributed by atoms with van der Waals surface area (Å²) in [5.41, 5.74) is 2.58. The first-order chi connectivity index (χ1) is 20.8. The van der Waals surface area contributed by atoms with Crippen LogP contribution in [0.15, 0.2) is 54.7 Å². The lowest BCUT2D eigenvalue weighted by molar-refractivity contribution is -0.912. The third-order valence-electron chi connectivity index (χ3n) is 8.55. The molecule has 7 rings (SSSR count). The summed E-state index contributed by atoms with van der Waals surface area (Å²) in [6.45, 7) is 1.85. The van der Waals surface area contributed by atoms with Gasteiger partial charge in [0.25, 0.3) is 11.6 Å². The molecule has 3 aliphatic rings. The molecule has 14 heteroatoms. The van der Waals surface area contributed by atoms with Crippen molar-refractivity contribution in [3.63, 3.8) is 0 Å². The molecule has 3 N–H and O–H groups in total.